The zero-order valence-corrected chi connectivity index (χ0v) is 11.5. The van der Waals surface area contributed by atoms with Crippen molar-refractivity contribution >= 4 is 12.1 Å². The lowest BCUT2D eigenvalue weighted by Crippen LogP contribution is -2.33. The summed E-state index contributed by atoms with van der Waals surface area (Å²) in [6.07, 6.45) is 2.62. The first-order chi connectivity index (χ1) is 8.73. The molecule has 7 nitrogen and oxygen atoms in total. The zero-order valence-electron chi connectivity index (χ0n) is 11.5. The third kappa shape index (κ3) is 4.70. The number of carbonyl (C=O) groups is 2. The van der Waals surface area contributed by atoms with E-state index in [9.17, 15) is 9.59 Å². The molecular weight excluding hydrogens is 250 g/mol. The maximum atomic E-state index is 11.7. The molecule has 0 fully saturated rings. The fourth-order valence-electron chi connectivity index (χ4n) is 1.36. The molecule has 1 rings (SSSR count). The summed E-state index contributed by atoms with van der Waals surface area (Å²) in [6.45, 7) is 5.30. The van der Waals surface area contributed by atoms with Crippen molar-refractivity contribution in [3.05, 3.63) is 18.0 Å². The van der Waals surface area contributed by atoms with E-state index in [-0.39, 0.29) is 6.42 Å². The topological polar surface area (TPSA) is 96.4 Å². The number of nitrogens with two attached hydrogens (primary N) is 1. The fourth-order valence-corrected chi connectivity index (χ4v) is 1.36. The van der Waals surface area contributed by atoms with Crippen LogP contribution in [0.4, 0.5) is 4.79 Å². The van der Waals surface area contributed by atoms with Crippen molar-refractivity contribution < 1.29 is 19.1 Å². The van der Waals surface area contributed by atoms with Crippen LogP contribution >= 0.6 is 0 Å². The Balaban J connectivity index is 2.67. The molecule has 19 heavy (non-hydrogen) atoms. The van der Waals surface area contributed by atoms with Gasteiger partial charge < -0.3 is 15.2 Å². The number of hydrogen-bond donors (Lipinski definition) is 1. The second-order valence-electron chi connectivity index (χ2n) is 5.11. The summed E-state index contributed by atoms with van der Waals surface area (Å²) < 4.78 is 10.7. The van der Waals surface area contributed by atoms with Crippen LogP contribution in [0.15, 0.2) is 12.4 Å². The molecule has 1 heterocycles. The first-order valence-electron chi connectivity index (χ1n) is 5.83. The van der Waals surface area contributed by atoms with Crippen LogP contribution in [0.25, 0.3) is 0 Å². The third-order valence-corrected chi connectivity index (χ3v) is 2.18. The molecule has 1 aromatic heterocycles. The quantitative estimate of drug-likeness (QED) is 0.812. The SMILES string of the molecule is COC(=O)[C@H](N)Cc1cnn(C(=O)OC(C)(C)C)c1. The lowest BCUT2D eigenvalue weighted by molar-refractivity contribution is -0.142. The Kier molecular flexibility index (Phi) is 4.66. The third-order valence-electron chi connectivity index (χ3n) is 2.18. The summed E-state index contributed by atoms with van der Waals surface area (Å²) in [5, 5.41) is 3.87. The van der Waals surface area contributed by atoms with Crippen LogP contribution in [0.1, 0.15) is 26.3 Å². The summed E-state index contributed by atoms with van der Waals surface area (Å²) in [7, 11) is 1.27. The molecule has 0 aliphatic rings. The highest BCUT2D eigenvalue weighted by molar-refractivity contribution is 5.75. The van der Waals surface area contributed by atoms with Crippen LogP contribution in [0.2, 0.25) is 0 Å². The number of hydrogen-bond acceptors (Lipinski definition) is 6. The van der Waals surface area contributed by atoms with Gasteiger partial charge >= 0.3 is 12.1 Å². The van der Waals surface area contributed by atoms with Gasteiger partial charge in [-0.05, 0) is 26.3 Å². The monoisotopic (exact) mass is 269 g/mol. The van der Waals surface area contributed by atoms with E-state index in [1.54, 1.807) is 20.8 Å². The number of rotatable bonds is 3. The molecule has 0 saturated carbocycles. The number of nitrogens with zero attached hydrogens (tertiary/aromatic N) is 2. The van der Waals surface area contributed by atoms with Crippen molar-refractivity contribution in [2.45, 2.75) is 38.8 Å². The Hall–Kier alpha value is -1.89. The van der Waals surface area contributed by atoms with Crippen LogP contribution in [-0.2, 0) is 20.7 Å². The van der Waals surface area contributed by atoms with Crippen LogP contribution in [-0.4, -0.2) is 40.6 Å². The van der Waals surface area contributed by atoms with E-state index in [1.807, 2.05) is 0 Å². The van der Waals surface area contributed by atoms with E-state index >= 15 is 0 Å². The van der Waals surface area contributed by atoms with Gasteiger partial charge in [-0.1, -0.05) is 0 Å². The molecule has 0 aliphatic heterocycles. The molecule has 0 radical (unpaired) electrons. The molecule has 1 aromatic rings. The number of methoxy groups -OCH3 is 1. The molecule has 106 valence electrons. The van der Waals surface area contributed by atoms with Gasteiger partial charge in [0.25, 0.3) is 0 Å². The molecule has 0 spiro atoms. The lowest BCUT2D eigenvalue weighted by Gasteiger charge is -2.18. The maximum absolute atomic E-state index is 11.7. The van der Waals surface area contributed by atoms with Crippen LogP contribution in [0, 0.1) is 0 Å². The number of ether oxygens (including phenoxy) is 2. The molecule has 2 N–H and O–H groups in total. The van der Waals surface area contributed by atoms with Crippen molar-refractivity contribution in [1.29, 1.82) is 0 Å². The van der Waals surface area contributed by atoms with Crippen LogP contribution in [0.5, 0.6) is 0 Å². The van der Waals surface area contributed by atoms with Gasteiger partial charge in [-0.2, -0.15) is 9.78 Å². The van der Waals surface area contributed by atoms with Crippen molar-refractivity contribution in [3.63, 3.8) is 0 Å². The Morgan fingerprint density at radius 3 is 2.63 bits per heavy atom. The summed E-state index contributed by atoms with van der Waals surface area (Å²) in [6, 6.07) is -0.777. The lowest BCUT2D eigenvalue weighted by atomic mass is 10.1. The smallest absolute Gasteiger partial charge is 0.435 e. The van der Waals surface area contributed by atoms with Crippen LogP contribution < -0.4 is 5.73 Å². The Labute approximate surface area is 111 Å². The molecule has 0 amide bonds. The summed E-state index contributed by atoms with van der Waals surface area (Å²) in [5.74, 6) is -0.509. The van der Waals surface area contributed by atoms with Gasteiger partial charge in [0.15, 0.2) is 0 Å². The van der Waals surface area contributed by atoms with Gasteiger partial charge in [0, 0.05) is 12.6 Å². The van der Waals surface area contributed by atoms with E-state index in [4.69, 9.17) is 10.5 Å². The molecule has 0 bridgehead atoms. The van der Waals surface area contributed by atoms with Crippen molar-refractivity contribution in [2.24, 2.45) is 5.73 Å². The fraction of sp³-hybridized carbons (Fsp3) is 0.583. The van der Waals surface area contributed by atoms with E-state index in [2.05, 4.69) is 9.84 Å². The average molecular weight is 269 g/mol. The van der Waals surface area contributed by atoms with Gasteiger partial charge in [0.1, 0.15) is 11.6 Å². The average Bonchev–Trinajstić information content (AvgIpc) is 2.74. The van der Waals surface area contributed by atoms with Crippen molar-refractivity contribution in [1.82, 2.24) is 9.78 Å². The molecule has 0 aliphatic carbocycles. The van der Waals surface area contributed by atoms with E-state index < -0.39 is 23.7 Å². The van der Waals surface area contributed by atoms with Crippen LogP contribution in [0.3, 0.4) is 0 Å². The highest BCUT2D eigenvalue weighted by atomic mass is 16.6. The molecule has 0 saturated heterocycles. The molecular formula is C12H19N3O4. The largest absolute Gasteiger partial charge is 0.468 e. The van der Waals surface area contributed by atoms with E-state index in [0.29, 0.717) is 5.56 Å². The minimum Gasteiger partial charge on any atom is -0.468 e. The van der Waals surface area contributed by atoms with Gasteiger partial charge in [-0.15, -0.1) is 0 Å². The van der Waals surface area contributed by atoms with Gasteiger partial charge in [-0.3, -0.25) is 4.79 Å². The zero-order chi connectivity index (χ0) is 14.6. The van der Waals surface area contributed by atoms with E-state index in [1.165, 1.54) is 19.5 Å². The number of esters is 1. The molecule has 0 unspecified atom stereocenters. The van der Waals surface area contributed by atoms with Gasteiger partial charge in [0.05, 0.1) is 13.3 Å². The standard InChI is InChI=1S/C12H19N3O4/c1-12(2,3)19-11(17)15-7-8(6-14-15)5-9(13)10(16)18-4/h6-7,9H,5,13H2,1-4H3/t9-/m1/s1. The second-order valence-corrected chi connectivity index (χ2v) is 5.11. The summed E-state index contributed by atoms with van der Waals surface area (Å²) >= 11 is 0. The second kappa shape index (κ2) is 5.83. The Morgan fingerprint density at radius 2 is 2.11 bits per heavy atom. The predicted octanol–water partition coefficient (Wildman–Crippen LogP) is 0.709. The number of carbonyl (C=O) groups excluding carboxylic acids is 2. The first-order valence-corrected chi connectivity index (χ1v) is 5.83. The minimum atomic E-state index is -0.777. The maximum Gasteiger partial charge on any atom is 0.435 e. The molecule has 7 heteroatoms. The predicted molar refractivity (Wildman–Crippen MR) is 67.6 cm³/mol. The minimum absolute atomic E-state index is 0.246. The molecule has 0 aromatic carbocycles. The van der Waals surface area contributed by atoms with E-state index in [0.717, 1.165) is 4.68 Å². The highest BCUT2D eigenvalue weighted by Gasteiger charge is 2.20. The Bertz CT molecular complexity index is 462. The van der Waals surface area contributed by atoms with Crippen molar-refractivity contribution in [3.8, 4) is 0 Å². The summed E-state index contributed by atoms with van der Waals surface area (Å²) in [5.41, 5.74) is 5.68. The first kappa shape index (κ1) is 15.2. The van der Waals surface area contributed by atoms with Gasteiger partial charge in [-0.25, -0.2) is 4.79 Å². The normalized spacial score (nSPS) is 12.9. The van der Waals surface area contributed by atoms with Crippen molar-refractivity contribution in [2.75, 3.05) is 7.11 Å². The summed E-state index contributed by atoms with van der Waals surface area (Å²) in [4.78, 5) is 22.9. The molecule has 1 atom stereocenters. The highest BCUT2D eigenvalue weighted by Crippen LogP contribution is 2.09. The Morgan fingerprint density at radius 1 is 1.47 bits per heavy atom. The number of aromatic nitrogens is 2. The van der Waals surface area contributed by atoms with Gasteiger partial charge in [0.2, 0.25) is 0 Å².